The second-order valence-corrected chi connectivity index (χ2v) is 11.3. The van der Waals surface area contributed by atoms with Crippen LogP contribution in [-0.4, -0.2) is 53.5 Å². The third-order valence-electron chi connectivity index (χ3n) is 5.96. The summed E-state index contributed by atoms with van der Waals surface area (Å²) in [5, 5.41) is 5.07. The van der Waals surface area contributed by atoms with Gasteiger partial charge in [-0.1, -0.05) is 32.9 Å². The molecule has 34 heavy (non-hydrogen) atoms. The van der Waals surface area contributed by atoms with Crippen molar-refractivity contribution in [2.24, 2.45) is 0 Å². The molecule has 2 aromatic rings. The van der Waals surface area contributed by atoms with Crippen molar-refractivity contribution >= 4 is 23.3 Å². The van der Waals surface area contributed by atoms with Crippen LogP contribution in [0.2, 0.25) is 0 Å². The maximum absolute atomic E-state index is 13.5. The van der Waals surface area contributed by atoms with Crippen molar-refractivity contribution in [3.8, 4) is 5.75 Å². The molecule has 0 bridgehead atoms. The number of ether oxygens (including phenoxy) is 1. The van der Waals surface area contributed by atoms with Gasteiger partial charge in [0.15, 0.2) is 0 Å². The van der Waals surface area contributed by atoms with Crippen LogP contribution in [0.5, 0.6) is 5.75 Å². The van der Waals surface area contributed by atoms with E-state index in [4.69, 9.17) is 4.74 Å². The van der Waals surface area contributed by atoms with Crippen LogP contribution in [0.15, 0.2) is 35.7 Å². The Labute approximate surface area is 208 Å². The number of fused-ring (bicyclic) bond motifs is 1. The average Bonchev–Trinajstić information content (AvgIpc) is 3.25. The van der Waals surface area contributed by atoms with Crippen molar-refractivity contribution < 1.29 is 14.3 Å². The Kier molecular flexibility index (Phi) is 8.63. The Hall–Kier alpha value is -2.54. The Morgan fingerprint density at radius 2 is 1.91 bits per heavy atom. The van der Waals surface area contributed by atoms with E-state index < -0.39 is 0 Å². The molecule has 1 aromatic heterocycles. The maximum Gasteiger partial charge on any atom is 0.318 e. The highest BCUT2D eigenvalue weighted by Gasteiger charge is 2.33. The highest BCUT2D eigenvalue weighted by atomic mass is 32.1. The fourth-order valence-electron chi connectivity index (χ4n) is 4.17. The number of carbonyl (C=O) groups excluding carboxylic acids is 2. The lowest BCUT2D eigenvalue weighted by molar-refractivity contribution is -0.135. The summed E-state index contributed by atoms with van der Waals surface area (Å²) in [5.74, 6) is 1.23. The van der Waals surface area contributed by atoms with E-state index in [-0.39, 0.29) is 30.1 Å². The first-order valence-electron chi connectivity index (χ1n) is 12.2. The van der Waals surface area contributed by atoms with E-state index in [0.29, 0.717) is 25.6 Å². The van der Waals surface area contributed by atoms with Gasteiger partial charge in [-0.3, -0.25) is 4.79 Å². The van der Waals surface area contributed by atoms with Crippen molar-refractivity contribution in [3.63, 3.8) is 0 Å². The fraction of sp³-hybridized carbons (Fsp3) is 0.556. The monoisotopic (exact) mass is 485 g/mol. The van der Waals surface area contributed by atoms with E-state index in [1.807, 2.05) is 44.7 Å². The summed E-state index contributed by atoms with van der Waals surface area (Å²) < 4.78 is 6.17. The molecule has 1 aliphatic rings. The van der Waals surface area contributed by atoms with Gasteiger partial charge < -0.3 is 19.9 Å². The third kappa shape index (κ3) is 6.75. The first-order chi connectivity index (χ1) is 16.1. The summed E-state index contributed by atoms with van der Waals surface area (Å²) in [6.07, 6.45) is 1.62. The Bertz CT molecular complexity index is 962. The number of urea groups is 1. The zero-order valence-corrected chi connectivity index (χ0v) is 22.2. The predicted octanol–water partition coefficient (Wildman–Crippen LogP) is 5.60. The summed E-state index contributed by atoms with van der Waals surface area (Å²) in [6.45, 7) is 13.8. The fourth-order valence-corrected chi connectivity index (χ4v) is 5.10. The van der Waals surface area contributed by atoms with Gasteiger partial charge >= 0.3 is 6.03 Å². The molecule has 1 aromatic carbocycles. The summed E-state index contributed by atoms with van der Waals surface area (Å²) in [6, 6.07) is 9.92. The van der Waals surface area contributed by atoms with Gasteiger partial charge in [0.2, 0.25) is 5.91 Å². The molecule has 0 aliphatic carbocycles. The van der Waals surface area contributed by atoms with Gasteiger partial charge in [-0.15, -0.1) is 11.3 Å². The minimum atomic E-state index is -0.357. The van der Waals surface area contributed by atoms with Crippen molar-refractivity contribution in [1.29, 1.82) is 0 Å². The highest BCUT2D eigenvalue weighted by Crippen LogP contribution is 2.34. The number of nitrogens with zero attached hydrogens (tertiary/aromatic N) is 2. The molecule has 3 rings (SSSR count). The largest absolute Gasteiger partial charge is 0.491 e. The van der Waals surface area contributed by atoms with Crippen molar-refractivity contribution in [1.82, 2.24) is 15.1 Å². The van der Waals surface area contributed by atoms with Crippen LogP contribution in [0.3, 0.4) is 0 Å². The van der Waals surface area contributed by atoms with Gasteiger partial charge in [-0.05, 0) is 74.2 Å². The SMILES string of the molecule is CCCN(CC(=O)N1CCc2sccc2C1COc1ccc(C(C)C)cc1)C(=O)NC(C)(C)C. The van der Waals surface area contributed by atoms with Crippen LogP contribution >= 0.6 is 11.3 Å². The zero-order valence-electron chi connectivity index (χ0n) is 21.4. The van der Waals surface area contributed by atoms with Gasteiger partial charge in [0.1, 0.15) is 18.9 Å². The molecule has 1 aliphatic heterocycles. The molecular formula is C27H39N3O3S. The second-order valence-electron chi connectivity index (χ2n) is 10.3. The number of carbonyl (C=O) groups is 2. The van der Waals surface area contributed by atoms with Crippen molar-refractivity contribution in [2.75, 3.05) is 26.2 Å². The van der Waals surface area contributed by atoms with Crippen LogP contribution in [0.1, 0.15) is 75.9 Å². The first kappa shape index (κ1) is 26.1. The van der Waals surface area contributed by atoms with E-state index in [9.17, 15) is 9.59 Å². The summed E-state index contributed by atoms with van der Waals surface area (Å²) in [7, 11) is 0. The third-order valence-corrected chi connectivity index (χ3v) is 6.96. The van der Waals surface area contributed by atoms with Crippen molar-refractivity contribution in [3.05, 3.63) is 51.7 Å². The number of hydrogen-bond acceptors (Lipinski definition) is 4. The van der Waals surface area contributed by atoms with Crippen LogP contribution < -0.4 is 10.1 Å². The molecule has 0 spiro atoms. The molecule has 2 heterocycles. The highest BCUT2D eigenvalue weighted by molar-refractivity contribution is 7.10. The zero-order chi connectivity index (χ0) is 24.9. The summed E-state index contributed by atoms with van der Waals surface area (Å²) >= 11 is 1.73. The average molecular weight is 486 g/mol. The predicted molar refractivity (Wildman–Crippen MR) is 139 cm³/mol. The molecule has 7 heteroatoms. The number of hydrogen-bond donors (Lipinski definition) is 1. The minimum absolute atomic E-state index is 0.0434. The molecule has 1 unspecified atom stereocenters. The lowest BCUT2D eigenvalue weighted by atomic mass is 10.00. The van der Waals surface area contributed by atoms with Crippen LogP contribution in [-0.2, 0) is 11.2 Å². The normalized spacial score (nSPS) is 15.7. The number of nitrogens with one attached hydrogen (secondary N) is 1. The Morgan fingerprint density at radius 1 is 1.21 bits per heavy atom. The standard InChI is InChI=1S/C27H39N3O3S/c1-7-14-29(26(32)28-27(4,5)6)17-25(31)30-15-12-24-22(13-16-34-24)23(30)18-33-21-10-8-20(9-11-21)19(2)3/h8-11,13,16,19,23H,7,12,14-15,17-18H2,1-6H3,(H,28,32). The van der Waals surface area contributed by atoms with E-state index in [1.165, 1.54) is 10.4 Å². The van der Waals surface area contributed by atoms with Gasteiger partial charge in [0.25, 0.3) is 0 Å². The van der Waals surface area contributed by atoms with Crippen LogP contribution in [0.25, 0.3) is 0 Å². The Morgan fingerprint density at radius 3 is 2.53 bits per heavy atom. The minimum Gasteiger partial charge on any atom is -0.491 e. The van der Waals surface area contributed by atoms with Gasteiger partial charge in [0.05, 0.1) is 6.04 Å². The summed E-state index contributed by atoms with van der Waals surface area (Å²) in [5.41, 5.74) is 2.07. The quantitative estimate of drug-likeness (QED) is 0.530. The number of benzene rings is 1. The lowest BCUT2D eigenvalue weighted by Crippen LogP contribution is -2.53. The lowest BCUT2D eigenvalue weighted by Gasteiger charge is -2.37. The molecule has 1 N–H and O–H groups in total. The van der Waals surface area contributed by atoms with E-state index in [0.717, 1.165) is 24.2 Å². The number of amides is 3. The van der Waals surface area contributed by atoms with Gasteiger partial charge in [0, 0.05) is 23.5 Å². The first-order valence-corrected chi connectivity index (χ1v) is 13.1. The second kappa shape index (κ2) is 11.3. The Balaban J connectivity index is 1.74. The molecule has 0 saturated carbocycles. The molecular weight excluding hydrogens is 446 g/mol. The molecule has 1 atom stereocenters. The topological polar surface area (TPSA) is 61.9 Å². The van der Waals surface area contributed by atoms with E-state index >= 15 is 0 Å². The molecule has 186 valence electrons. The van der Waals surface area contributed by atoms with Crippen LogP contribution in [0.4, 0.5) is 4.79 Å². The molecule has 6 nitrogen and oxygen atoms in total. The van der Waals surface area contributed by atoms with Gasteiger partial charge in [-0.2, -0.15) is 0 Å². The van der Waals surface area contributed by atoms with Gasteiger partial charge in [-0.25, -0.2) is 4.79 Å². The molecule has 0 fully saturated rings. The van der Waals surface area contributed by atoms with Crippen molar-refractivity contribution in [2.45, 2.75) is 71.9 Å². The van der Waals surface area contributed by atoms with Crippen LogP contribution in [0, 0.1) is 0 Å². The van der Waals surface area contributed by atoms with E-state index in [2.05, 4.69) is 42.7 Å². The molecule has 3 amide bonds. The maximum atomic E-state index is 13.5. The number of thiophene rings is 1. The molecule has 0 radical (unpaired) electrons. The van der Waals surface area contributed by atoms with E-state index in [1.54, 1.807) is 16.2 Å². The molecule has 0 saturated heterocycles. The summed E-state index contributed by atoms with van der Waals surface area (Å²) in [4.78, 5) is 31.1. The number of rotatable bonds is 8. The smallest absolute Gasteiger partial charge is 0.318 e.